The van der Waals surface area contributed by atoms with Gasteiger partial charge in [-0.1, -0.05) is 36.2 Å². The topological polar surface area (TPSA) is 70.7 Å². The summed E-state index contributed by atoms with van der Waals surface area (Å²) in [5.41, 5.74) is 6.30. The number of hydrazine groups is 1. The van der Waals surface area contributed by atoms with Crippen molar-refractivity contribution in [2.45, 2.75) is 32.2 Å². The zero-order valence-corrected chi connectivity index (χ0v) is 16.7. The van der Waals surface area contributed by atoms with E-state index in [9.17, 15) is 9.59 Å². The maximum atomic E-state index is 12.8. The average molecular weight is 422 g/mol. The smallest absolute Gasteiger partial charge is 0.341 e. The van der Waals surface area contributed by atoms with E-state index in [0.717, 1.165) is 24.8 Å². The van der Waals surface area contributed by atoms with Gasteiger partial charge in [-0.15, -0.1) is 11.6 Å². The second-order valence-electron chi connectivity index (χ2n) is 6.39. The predicted molar refractivity (Wildman–Crippen MR) is 110 cm³/mol. The van der Waals surface area contributed by atoms with Crippen LogP contribution in [-0.4, -0.2) is 17.8 Å². The Morgan fingerprint density at radius 3 is 2.68 bits per heavy atom. The van der Waals surface area contributed by atoms with E-state index < -0.39 is 6.03 Å². The van der Waals surface area contributed by atoms with Crippen LogP contribution in [-0.2, 0) is 11.3 Å². The van der Waals surface area contributed by atoms with Crippen molar-refractivity contribution in [2.24, 2.45) is 0 Å². The molecule has 8 heteroatoms. The number of halogens is 2. The van der Waals surface area contributed by atoms with Gasteiger partial charge in [0.2, 0.25) is 5.91 Å². The highest BCUT2D eigenvalue weighted by Crippen LogP contribution is 2.40. The molecule has 3 rings (SSSR count). The third kappa shape index (κ3) is 5.09. The van der Waals surface area contributed by atoms with E-state index in [4.69, 9.17) is 27.9 Å². The fourth-order valence-electron chi connectivity index (χ4n) is 2.89. The van der Waals surface area contributed by atoms with Crippen molar-refractivity contribution in [1.29, 1.82) is 0 Å². The highest BCUT2D eigenvalue weighted by molar-refractivity contribution is 6.31. The molecule has 28 heavy (non-hydrogen) atoms. The molecule has 0 radical (unpaired) electrons. The maximum Gasteiger partial charge on any atom is 0.341 e. The summed E-state index contributed by atoms with van der Waals surface area (Å²) in [6, 6.07) is 12.1. The van der Waals surface area contributed by atoms with Crippen LogP contribution in [0.4, 0.5) is 10.5 Å². The van der Waals surface area contributed by atoms with E-state index in [2.05, 4.69) is 10.9 Å². The Morgan fingerprint density at radius 2 is 1.86 bits per heavy atom. The molecule has 0 fully saturated rings. The van der Waals surface area contributed by atoms with Crippen molar-refractivity contribution < 1.29 is 14.3 Å². The molecule has 1 heterocycles. The minimum absolute atomic E-state index is 0.249. The number of nitrogens with zero attached hydrogens (tertiary/aromatic N) is 1. The third-order valence-electron chi connectivity index (χ3n) is 4.32. The Balaban J connectivity index is 1.72. The van der Waals surface area contributed by atoms with Crippen LogP contribution in [0.15, 0.2) is 42.5 Å². The maximum absolute atomic E-state index is 12.8. The number of carbonyl (C=O) groups is 2. The van der Waals surface area contributed by atoms with Gasteiger partial charge in [0.25, 0.3) is 0 Å². The number of unbranched alkanes of at least 4 members (excludes halogenated alkanes) is 2. The van der Waals surface area contributed by atoms with Crippen LogP contribution in [0.1, 0.15) is 31.2 Å². The van der Waals surface area contributed by atoms with Gasteiger partial charge in [0.05, 0.1) is 12.2 Å². The number of anilines is 1. The van der Waals surface area contributed by atoms with E-state index in [0.29, 0.717) is 34.5 Å². The van der Waals surface area contributed by atoms with Crippen molar-refractivity contribution in [3.8, 4) is 11.5 Å². The molecular formula is C20H21Cl2N3O3. The monoisotopic (exact) mass is 421 g/mol. The molecule has 0 bridgehead atoms. The SMILES string of the molecule is O=C(CCCCCCl)NNC(=O)N1Cc2ccccc2Oc2ccc(Cl)cc21. The largest absolute Gasteiger partial charge is 0.455 e. The number of carbonyl (C=O) groups excluding carboxylic acids is 2. The molecule has 6 nitrogen and oxygen atoms in total. The fourth-order valence-corrected chi connectivity index (χ4v) is 3.24. The summed E-state index contributed by atoms with van der Waals surface area (Å²) < 4.78 is 5.96. The fraction of sp³-hybridized carbons (Fsp3) is 0.300. The van der Waals surface area contributed by atoms with Gasteiger partial charge in [-0.05, 0) is 37.1 Å². The Hall–Kier alpha value is -2.44. The van der Waals surface area contributed by atoms with E-state index in [1.807, 2.05) is 24.3 Å². The highest BCUT2D eigenvalue weighted by Gasteiger charge is 2.26. The molecule has 0 unspecified atom stereocenters. The summed E-state index contributed by atoms with van der Waals surface area (Å²) in [4.78, 5) is 26.2. The lowest BCUT2D eigenvalue weighted by atomic mass is 10.2. The van der Waals surface area contributed by atoms with Crippen LogP contribution >= 0.6 is 23.2 Å². The van der Waals surface area contributed by atoms with E-state index in [-0.39, 0.29) is 12.5 Å². The lowest BCUT2D eigenvalue weighted by Gasteiger charge is -2.22. The number of nitrogens with one attached hydrogen (secondary N) is 2. The zero-order chi connectivity index (χ0) is 19.9. The van der Waals surface area contributed by atoms with Gasteiger partial charge in [-0.25, -0.2) is 10.2 Å². The minimum atomic E-state index is -0.474. The lowest BCUT2D eigenvalue weighted by Crippen LogP contribution is -2.48. The van der Waals surface area contributed by atoms with Gasteiger partial charge in [-0.3, -0.25) is 15.1 Å². The van der Waals surface area contributed by atoms with Crippen molar-refractivity contribution in [3.63, 3.8) is 0 Å². The average Bonchev–Trinajstić information content (AvgIpc) is 2.86. The number of ether oxygens (including phenoxy) is 1. The molecule has 0 saturated heterocycles. The Labute approximate surface area is 173 Å². The summed E-state index contributed by atoms with van der Waals surface area (Å²) in [6.45, 7) is 0.279. The van der Waals surface area contributed by atoms with Gasteiger partial charge >= 0.3 is 6.03 Å². The van der Waals surface area contributed by atoms with Crippen molar-refractivity contribution in [2.75, 3.05) is 10.8 Å². The Bertz CT molecular complexity index is 860. The Morgan fingerprint density at radius 1 is 1.04 bits per heavy atom. The molecule has 0 saturated carbocycles. The number of hydrogen-bond donors (Lipinski definition) is 2. The zero-order valence-electron chi connectivity index (χ0n) is 15.2. The number of fused-ring (bicyclic) bond motifs is 2. The molecule has 0 spiro atoms. The molecule has 3 amide bonds. The second-order valence-corrected chi connectivity index (χ2v) is 7.20. The number of urea groups is 1. The van der Waals surface area contributed by atoms with Crippen LogP contribution in [0.3, 0.4) is 0 Å². The molecular weight excluding hydrogens is 401 g/mol. The van der Waals surface area contributed by atoms with Crippen LogP contribution in [0, 0.1) is 0 Å². The van der Waals surface area contributed by atoms with Crippen molar-refractivity contribution in [1.82, 2.24) is 10.9 Å². The normalized spacial score (nSPS) is 12.3. The van der Waals surface area contributed by atoms with Gasteiger partial charge in [0, 0.05) is 22.9 Å². The quantitative estimate of drug-likeness (QED) is 0.405. The molecule has 148 valence electrons. The molecule has 1 aliphatic rings. The number of hydrogen-bond acceptors (Lipinski definition) is 3. The number of para-hydroxylation sites is 1. The second kappa shape index (κ2) is 9.66. The number of amides is 3. The van der Waals surface area contributed by atoms with Crippen LogP contribution in [0.5, 0.6) is 11.5 Å². The van der Waals surface area contributed by atoms with Crippen molar-refractivity contribution in [3.05, 3.63) is 53.1 Å². The minimum Gasteiger partial charge on any atom is -0.455 e. The van der Waals surface area contributed by atoms with Gasteiger partial charge in [0.1, 0.15) is 5.75 Å². The first-order valence-corrected chi connectivity index (χ1v) is 9.97. The predicted octanol–water partition coefficient (Wildman–Crippen LogP) is 4.99. The molecule has 0 aromatic heterocycles. The standard InChI is InChI=1S/C20H21Cl2N3O3/c21-11-5-1-2-8-19(26)23-24-20(27)25-13-14-6-3-4-7-17(14)28-18-10-9-15(22)12-16(18)25/h3-4,6-7,9-10,12H,1-2,5,8,11,13H2,(H,23,26)(H,24,27). The Kier molecular flexibility index (Phi) is 7.01. The van der Waals surface area contributed by atoms with Gasteiger partial charge in [0.15, 0.2) is 5.75 Å². The summed E-state index contributed by atoms with van der Waals surface area (Å²) >= 11 is 11.8. The first-order valence-electron chi connectivity index (χ1n) is 9.06. The van der Waals surface area contributed by atoms with Gasteiger partial charge in [-0.2, -0.15) is 0 Å². The van der Waals surface area contributed by atoms with Gasteiger partial charge < -0.3 is 4.74 Å². The summed E-state index contributed by atoms with van der Waals surface area (Å²) in [6.07, 6.45) is 2.78. The van der Waals surface area contributed by atoms with Crippen LogP contribution in [0.2, 0.25) is 5.02 Å². The molecule has 0 aliphatic carbocycles. The first kappa shape index (κ1) is 20.3. The molecule has 0 atom stereocenters. The highest BCUT2D eigenvalue weighted by atomic mass is 35.5. The summed E-state index contributed by atoms with van der Waals surface area (Å²) in [5.74, 6) is 1.51. The van der Waals surface area contributed by atoms with Crippen LogP contribution in [0.25, 0.3) is 0 Å². The van der Waals surface area contributed by atoms with Crippen molar-refractivity contribution >= 4 is 40.8 Å². The van der Waals surface area contributed by atoms with E-state index in [1.165, 1.54) is 4.90 Å². The van der Waals surface area contributed by atoms with Crippen LogP contribution < -0.4 is 20.5 Å². The lowest BCUT2D eigenvalue weighted by molar-refractivity contribution is -0.121. The first-order chi connectivity index (χ1) is 13.6. The molecule has 2 aromatic carbocycles. The molecule has 2 aromatic rings. The summed E-state index contributed by atoms with van der Waals surface area (Å²) in [7, 11) is 0. The summed E-state index contributed by atoms with van der Waals surface area (Å²) in [5, 5.41) is 0.481. The number of alkyl halides is 1. The van der Waals surface area contributed by atoms with E-state index in [1.54, 1.807) is 18.2 Å². The molecule has 1 aliphatic heterocycles. The van der Waals surface area contributed by atoms with E-state index >= 15 is 0 Å². The third-order valence-corrected chi connectivity index (χ3v) is 4.83. The molecule has 2 N–H and O–H groups in total. The number of rotatable bonds is 5. The number of benzene rings is 2.